The lowest BCUT2D eigenvalue weighted by Gasteiger charge is -2.60. The summed E-state index contributed by atoms with van der Waals surface area (Å²) < 4.78 is 0. The first kappa shape index (κ1) is 12.1. The molecule has 2 heteroatoms. The number of fused-ring (bicyclic) bond motifs is 2. The van der Waals surface area contributed by atoms with Crippen LogP contribution in [-0.4, -0.2) is 11.8 Å². The molecule has 0 heterocycles. The average molecular weight is 223 g/mol. The second-order valence-electron chi connectivity index (χ2n) is 6.36. The summed E-state index contributed by atoms with van der Waals surface area (Å²) in [6, 6.07) is -0.206. The first-order valence-corrected chi connectivity index (χ1v) is 6.75. The van der Waals surface area contributed by atoms with E-state index in [-0.39, 0.29) is 11.8 Å². The molecule has 4 atom stereocenters. The van der Waals surface area contributed by atoms with Crippen molar-refractivity contribution in [3.05, 3.63) is 0 Å². The van der Waals surface area contributed by atoms with Gasteiger partial charge in [0, 0.05) is 6.42 Å². The number of hydrogen-bond donors (Lipinski definition) is 1. The van der Waals surface area contributed by atoms with Gasteiger partial charge in [-0.25, -0.2) is 0 Å². The van der Waals surface area contributed by atoms with E-state index < -0.39 is 0 Å². The fourth-order valence-electron chi connectivity index (χ4n) is 3.96. The molecule has 0 amide bonds. The third-order valence-electron chi connectivity index (χ3n) is 5.32. The van der Waals surface area contributed by atoms with Crippen LogP contribution < -0.4 is 5.73 Å². The molecule has 3 aliphatic carbocycles. The summed E-state index contributed by atoms with van der Waals surface area (Å²) in [6.07, 6.45) is 5.54. The number of carbonyl (C=O) groups is 1. The standard InChI is InChI=1S/C14H25NO/c1-4-13(16)12(15)7-9-5-6-10-8-11(9)14(10,2)3/h9-12H,4-8,15H2,1-3H3. The minimum atomic E-state index is -0.206. The molecule has 2 N–H and O–H groups in total. The minimum Gasteiger partial charge on any atom is -0.322 e. The Balaban J connectivity index is 1.93. The van der Waals surface area contributed by atoms with Crippen molar-refractivity contribution in [2.24, 2.45) is 28.9 Å². The van der Waals surface area contributed by atoms with Gasteiger partial charge in [-0.2, -0.15) is 0 Å². The van der Waals surface area contributed by atoms with Crippen LogP contribution in [-0.2, 0) is 4.79 Å². The van der Waals surface area contributed by atoms with Crippen LogP contribution in [0.5, 0.6) is 0 Å². The molecule has 92 valence electrons. The molecular formula is C14H25NO. The van der Waals surface area contributed by atoms with Gasteiger partial charge in [0.25, 0.3) is 0 Å². The molecule has 0 aromatic carbocycles. The molecule has 0 spiro atoms. The molecular weight excluding hydrogens is 198 g/mol. The van der Waals surface area contributed by atoms with Crippen LogP contribution in [0, 0.1) is 23.2 Å². The Bertz CT molecular complexity index is 282. The van der Waals surface area contributed by atoms with Crippen LogP contribution >= 0.6 is 0 Å². The Labute approximate surface area is 99.0 Å². The molecule has 0 radical (unpaired) electrons. The van der Waals surface area contributed by atoms with Crippen LogP contribution in [0.25, 0.3) is 0 Å². The Morgan fingerprint density at radius 3 is 2.62 bits per heavy atom. The molecule has 2 bridgehead atoms. The molecule has 0 aliphatic heterocycles. The summed E-state index contributed by atoms with van der Waals surface area (Å²) in [6.45, 7) is 6.70. The van der Waals surface area contributed by atoms with Gasteiger partial charge in [-0.1, -0.05) is 20.8 Å². The SMILES string of the molecule is CCC(=O)C(N)CC1CCC2CC1C2(C)C. The van der Waals surface area contributed by atoms with Gasteiger partial charge in [0.05, 0.1) is 6.04 Å². The van der Waals surface area contributed by atoms with Crippen LogP contribution in [0.2, 0.25) is 0 Å². The van der Waals surface area contributed by atoms with Crippen molar-refractivity contribution in [2.45, 2.75) is 58.9 Å². The van der Waals surface area contributed by atoms with E-state index in [1.807, 2.05) is 6.92 Å². The van der Waals surface area contributed by atoms with E-state index in [9.17, 15) is 4.79 Å². The van der Waals surface area contributed by atoms with Crippen molar-refractivity contribution < 1.29 is 4.79 Å². The van der Waals surface area contributed by atoms with Gasteiger partial charge in [0.2, 0.25) is 0 Å². The maximum atomic E-state index is 11.5. The van der Waals surface area contributed by atoms with Gasteiger partial charge in [0.1, 0.15) is 5.78 Å². The molecule has 3 saturated carbocycles. The summed E-state index contributed by atoms with van der Waals surface area (Å²) in [4.78, 5) is 11.5. The van der Waals surface area contributed by atoms with Crippen LogP contribution in [0.4, 0.5) is 0 Å². The molecule has 2 nitrogen and oxygen atoms in total. The number of Topliss-reactive ketones (excluding diaryl/α,β-unsaturated/α-hetero) is 1. The van der Waals surface area contributed by atoms with Gasteiger partial charge in [0.15, 0.2) is 0 Å². The Morgan fingerprint density at radius 1 is 1.44 bits per heavy atom. The van der Waals surface area contributed by atoms with Crippen LogP contribution in [0.15, 0.2) is 0 Å². The molecule has 3 aliphatic rings. The van der Waals surface area contributed by atoms with Gasteiger partial charge >= 0.3 is 0 Å². The maximum absolute atomic E-state index is 11.5. The van der Waals surface area contributed by atoms with Crippen molar-refractivity contribution in [3.8, 4) is 0 Å². The van der Waals surface area contributed by atoms with Gasteiger partial charge in [-0.05, 0) is 48.9 Å². The molecule has 4 unspecified atom stereocenters. The second kappa shape index (κ2) is 4.14. The lowest BCUT2D eigenvalue weighted by Crippen LogP contribution is -2.53. The van der Waals surface area contributed by atoms with E-state index >= 15 is 0 Å². The minimum absolute atomic E-state index is 0.206. The molecule has 0 aromatic rings. The number of rotatable bonds is 4. The van der Waals surface area contributed by atoms with Crippen LogP contribution in [0.1, 0.15) is 52.9 Å². The highest BCUT2D eigenvalue weighted by molar-refractivity contribution is 5.83. The van der Waals surface area contributed by atoms with E-state index in [2.05, 4.69) is 13.8 Å². The number of hydrogen-bond acceptors (Lipinski definition) is 2. The van der Waals surface area contributed by atoms with Gasteiger partial charge in [-0.15, -0.1) is 0 Å². The molecule has 3 fully saturated rings. The lowest BCUT2D eigenvalue weighted by molar-refractivity contribution is -0.125. The average Bonchev–Trinajstić information content (AvgIpc) is 2.27. The van der Waals surface area contributed by atoms with Gasteiger partial charge < -0.3 is 5.73 Å². The molecule has 3 rings (SSSR count). The Hall–Kier alpha value is -0.370. The van der Waals surface area contributed by atoms with E-state index in [1.165, 1.54) is 19.3 Å². The van der Waals surface area contributed by atoms with Crippen LogP contribution in [0.3, 0.4) is 0 Å². The number of nitrogens with two attached hydrogens (primary N) is 1. The van der Waals surface area contributed by atoms with Gasteiger partial charge in [-0.3, -0.25) is 4.79 Å². The topological polar surface area (TPSA) is 43.1 Å². The van der Waals surface area contributed by atoms with E-state index in [1.54, 1.807) is 0 Å². The largest absolute Gasteiger partial charge is 0.322 e. The molecule has 0 aromatic heterocycles. The van der Waals surface area contributed by atoms with Crippen molar-refractivity contribution in [2.75, 3.05) is 0 Å². The van der Waals surface area contributed by atoms with E-state index in [0.29, 0.717) is 17.8 Å². The zero-order chi connectivity index (χ0) is 11.9. The predicted molar refractivity (Wildman–Crippen MR) is 66.0 cm³/mol. The zero-order valence-corrected chi connectivity index (χ0v) is 10.8. The maximum Gasteiger partial charge on any atom is 0.149 e. The number of carbonyl (C=O) groups excluding carboxylic acids is 1. The van der Waals surface area contributed by atoms with Crippen molar-refractivity contribution in [1.29, 1.82) is 0 Å². The first-order chi connectivity index (χ1) is 7.46. The summed E-state index contributed by atoms with van der Waals surface area (Å²) in [5.74, 6) is 2.69. The molecule has 0 saturated heterocycles. The Morgan fingerprint density at radius 2 is 2.12 bits per heavy atom. The quantitative estimate of drug-likeness (QED) is 0.796. The number of ketones is 1. The lowest BCUT2D eigenvalue weighted by atomic mass is 9.45. The highest BCUT2D eigenvalue weighted by Gasteiger charge is 2.54. The molecule has 16 heavy (non-hydrogen) atoms. The van der Waals surface area contributed by atoms with Crippen molar-refractivity contribution in [3.63, 3.8) is 0 Å². The fraction of sp³-hybridized carbons (Fsp3) is 0.929. The monoisotopic (exact) mass is 223 g/mol. The third-order valence-corrected chi connectivity index (χ3v) is 5.32. The Kier molecular flexibility index (Phi) is 3.13. The van der Waals surface area contributed by atoms with E-state index in [0.717, 1.165) is 18.3 Å². The fourth-order valence-corrected chi connectivity index (χ4v) is 3.96. The normalized spacial score (nSPS) is 37.6. The predicted octanol–water partition coefficient (Wildman–Crippen LogP) is 2.76. The third kappa shape index (κ3) is 1.81. The smallest absolute Gasteiger partial charge is 0.149 e. The van der Waals surface area contributed by atoms with Crippen molar-refractivity contribution in [1.82, 2.24) is 0 Å². The highest BCUT2D eigenvalue weighted by atomic mass is 16.1. The second-order valence-corrected chi connectivity index (χ2v) is 6.36. The summed E-state index contributed by atoms with van der Waals surface area (Å²) in [7, 11) is 0. The zero-order valence-electron chi connectivity index (χ0n) is 10.8. The first-order valence-electron chi connectivity index (χ1n) is 6.75. The van der Waals surface area contributed by atoms with Crippen molar-refractivity contribution >= 4 is 5.78 Å². The summed E-state index contributed by atoms with van der Waals surface area (Å²) in [5.41, 5.74) is 6.49. The summed E-state index contributed by atoms with van der Waals surface area (Å²) in [5, 5.41) is 0. The van der Waals surface area contributed by atoms with E-state index in [4.69, 9.17) is 5.73 Å². The summed E-state index contributed by atoms with van der Waals surface area (Å²) >= 11 is 0. The highest BCUT2D eigenvalue weighted by Crippen LogP contribution is 2.62.